The van der Waals surface area contributed by atoms with E-state index >= 15 is 0 Å². The van der Waals surface area contributed by atoms with Crippen molar-refractivity contribution in [3.63, 3.8) is 0 Å². The molecule has 1 rings (SSSR count). The van der Waals surface area contributed by atoms with Crippen molar-refractivity contribution >= 4 is 23.6 Å². The minimum Gasteiger partial charge on any atom is -0.293 e. The van der Waals surface area contributed by atoms with E-state index in [4.69, 9.17) is 0 Å². The van der Waals surface area contributed by atoms with Crippen molar-refractivity contribution in [3.05, 3.63) is 0 Å². The minimum atomic E-state index is -0.447. The van der Waals surface area contributed by atoms with Gasteiger partial charge in [-0.3, -0.25) is 14.3 Å². The Morgan fingerprint density at radius 2 is 2.22 bits per heavy atom. The van der Waals surface area contributed by atoms with Crippen molar-refractivity contribution in [2.75, 3.05) is 5.75 Å². The molecule has 0 atom stereocenters. The predicted octanol–water partition coefficient (Wildman–Crippen LogP) is 0.114. The lowest BCUT2D eigenvalue weighted by Gasteiger charge is -1.91. The van der Waals surface area contributed by atoms with E-state index in [-0.39, 0.29) is 5.78 Å². The van der Waals surface area contributed by atoms with Crippen LogP contribution in [0.1, 0.15) is 12.8 Å². The number of amides is 1. The van der Waals surface area contributed by atoms with E-state index in [0.717, 1.165) is 12.2 Å². The van der Waals surface area contributed by atoms with Crippen LogP contribution in [-0.4, -0.2) is 17.4 Å². The lowest BCUT2D eigenvalue weighted by atomic mass is 10.2. The van der Waals surface area contributed by atoms with Crippen molar-refractivity contribution in [2.45, 2.75) is 12.8 Å². The summed E-state index contributed by atoms with van der Waals surface area (Å²) in [6, 6.07) is 0. The van der Waals surface area contributed by atoms with E-state index in [1.807, 2.05) is 0 Å². The molecule has 0 aromatic rings. The predicted molar refractivity (Wildman–Crippen MR) is 34.8 cm³/mol. The molecule has 9 heavy (non-hydrogen) atoms. The number of hydrogen-bond donors (Lipinski definition) is 1. The van der Waals surface area contributed by atoms with Gasteiger partial charge in [-0.2, -0.15) is 0 Å². The molecule has 0 bridgehead atoms. The van der Waals surface area contributed by atoms with Gasteiger partial charge in [-0.05, 0) is 6.42 Å². The number of ketones is 1. The first-order valence-corrected chi connectivity index (χ1v) is 3.74. The van der Waals surface area contributed by atoms with E-state index < -0.39 is 5.91 Å². The summed E-state index contributed by atoms with van der Waals surface area (Å²) in [7, 11) is 0. The highest BCUT2D eigenvalue weighted by Crippen LogP contribution is 2.05. The molecule has 0 aliphatic carbocycles. The number of Topliss-reactive ketones (excluding diaryl/α,β-unsaturated/α-hetero) is 1. The first kappa shape index (κ1) is 6.61. The maximum Gasteiger partial charge on any atom is 0.297 e. The fourth-order valence-corrected chi connectivity index (χ4v) is 1.23. The summed E-state index contributed by atoms with van der Waals surface area (Å²) in [6.45, 7) is 0. The van der Waals surface area contributed by atoms with Crippen LogP contribution in [0, 0.1) is 0 Å². The average molecular weight is 145 g/mol. The average Bonchev–Trinajstić information content (AvgIpc) is 1.99. The molecular formula is C5H7NO2S. The second kappa shape index (κ2) is 2.87. The van der Waals surface area contributed by atoms with Gasteiger partial charge in [0.25, 0.3) is 5.91 Å². The van der Waals surface area contributed by atoms with E-state index in [2.05, 4.69) is 4.72 Å². The Kier molecular flexibility index (Phi) is 2.10. The molecule has 50 valence electrons. The Hall–Kier alpha value is -0.510. The van der Waals surface area contributed by atoms with E-state index in [0.29, 0.717) is 6.42 Å². The van der Waals surface area contributed by atoms with Gasteiger partial charge in [0.15, 0.2) is 0 Å². The summed E-state index contributed by atoms with van der Waals surface area (Å²) in [5, 5.41) is 0. The minimum absolute atomic E-state index is 0.292. The van der Waals surface area contributed by atoms with Crippen LogP contribution >= 0.6 is 11.9 Å². The lowest BCUT2D eigenvalue weighted by molar-refractivity contribution is -0.136. The lowest BCUT2D eigenvalue weighted by Crippen LogP contribution is -2.23. The molecular weight excluding hydrogens is 138 g/mol. The molecule has 1 aliphatic rings. The largest absolute Gasteiger partial charge is 0.297 e. The fraction of sp³-hybridized carbons (Fsp3) is 0.600. The van der Waals surface area contributed by atoms with Gasteiger partial charge in [0.1, 0.15) is 0 Å². The van der Waals surface area contributed by atoms with Gasteiger partial charge >= 0.3 is 0 Å². The topological polar surface area (TPSA) is 46.2 Å². The molecule has 0 aromatic heterocycles. The molecule has 0 unspecified atom stereocenters. The Labute approximate surface area is 57.3 Å². The molecule has 1 aliphatic heterocycles. The number of hydrogen-bond acceptors (Lipinski definition) is 3. The summed E-state index contributed by atoms with van der Waals surface area (Å²) in [6.07, 6.45) is 1.21. The van der Waals surface area contributed by atoms with Gasteiger partial charge in [0.05, 0.1) is 0 Å². The van der Waals surface area contributed by atoms with Gasteiger partial charge < -0.3 is 0 Å². The van der Waals surface area contributed by atoms with Crippen LogP contribution in [0.3, 0.4) is 0 Å². The Balaban J connectivity index is 2.51. The molecule has 0 aromatic carbocycles. The van der Waals surface area contributed by atoms with E-state index in [1.54, 1.807) is 0 Å². The molecule has 0 radical (unpaired) electrons. The van der Waals surface area contributed by atoms with Crippen LogP contribution in [-0.2, 0) is 9.59 Å². The first-order valence-electron chi connectivity index (χ1n) is 2.75. The Morgan fingerprint density at radius 3 is 3.00 bits per heavy atom. The third-order valence-corrected chi connectivity index (χ3v) is 1.89. The van der Waals surface area contributed by atoms with E-state index in [9.17, 15) is 9.59 Å². The molecule has 0 spiro atoms. The zero-order valence-electron chi connectivity index (χ0n) is 4.85. The normalized spacial score (nSPS) is 20.9. The summed E-state index contributed by atoms with van der Waals surface area (Å²) in [5.41, 5.74) is 0. The van der Waals surface area contributed by atoms with Crippen molar-refractivity contribution in [2.24, 2.45) is 0 Å². The molecule has 1 fully saturated rings. The van der Waals surface area contributed by atoms with Crippen LogP contribution < -0.4 is 4.72 Å². The van der Waals surface area contributed by atoms with Crippen LogP contribution in [0.4, 0.5) is 0 Å². The summed E-state index contributed by atoms with van der Waals surface area (Å²) in [5.74, 6) is 0.106. The van der Waals surface area contributed by atoms with Crippen molar-refractivity contribution < 1.29 is 9.59 Å². The van der Waals surface area contributed by atoms with Gasteiger partial charge in [-0.25, -0.2) is 0 Å². The van der Waals surface area contributed by atoms with Crippen molar-refractivity contribution in [3.8, 4) is 0 Å². The third kappa shape index (κ3) is 1.71. The second-order valence-corrected chi connectivity index (χ2v) is 2.71. The Bertz CT molecular complexity index is 130. The van der Waals surface area contributed by atoms with Gasteiger partial charge in [0.2, 0.25) is 5.78 Å². The molecule has 1 amide bonds. The molecule has 1 saturated heterocycles. The van der Waals surface area contributed by atoms with Crippen LogP contribution in [0.25, 0.3) is 0 Å². The third-order valence-electron chi connectivity index (χ3n) is 1.07. The molecule has 1 N–H and O–H groups in total. The van der Waals surface area contributed by atoms with E-state index in [1.165, 1.54) is 11.9 Å². The maximum absolute atomic E-state index is 10.6. The molecule has 1 heterocycles. The molecule has 4 heteroatoms. The number of rotatable bonds is 0. The SMILES string of the molecule is O=C1CCCSNC1=O. The zero-order chi connectivity index (χ0) is 6.69. The monoisotopic (exact) mass is 145 g/mol. The Morgan fingerprint density at radius 1 is 1.44 bits per heavy atom. The summed E-state index contributed by atoms with van der Waals surface area (Å²) >= 11 is 1.31. The van der Waals surface area contributed by atoms with Crippen molar-refractivity contribution in [1.82, 2.24) is 4.72 Å². The fourth-order valence-electron chi connectivity index (χ4n) is 0.592. The summed E-state index contributed by atoms with van der Waals surface area (Å²) in [4.78, 5) is 21.1. The van der Waals surface area contributed by atoms with Crippen molar-refractivity contribution in [1.29, 1.82) is 0 Å². The molecule has 0 saturated carbocycles. The quantitative estimate of drug-likeness (QED) is 0.389. The molecule has 3 nitrogen and oxygen atoms in total. The highest BCUT2D eigenvalue weighted by atomic mass is 32.2. The maximum atomic E-state index is 10.6. The number of carbonyl (C=O) groups is 2. The zero-order valence-corrected chi connectivity index (χ0v) is 5.66. The van der Waals surface area contributed by atoms with Gasteiger partial charge in [-0.15, -0.1) is 0 Å². The van der Waals surface area contributed by atoms with Gasteiger partial charge in [-0.1, -0.05) is 11.9 Å². The first-order chi connectivity index (χ1) is 4.30. The van der Waals surface area contributed by atoms with Crippen LogP contribution in [0.15, 0.2) is 0 Å². The van der Waals surface area contributed by atoms with Crippen LogP contribution in [0.5, 0.6) is 0 Å². The van der Waals surface area contributed by atoms with Gasteiger partial charge in [0, 0.05) is 12.2 Å². The number of nitrogens with one attached hydrogen (secondary N) is 1. The number of carbonyl (C=O) groups excluding carboxylic acids is 2. The smallest absolute Gasteiger partial charge is 0.293 e. The van der Waals surface area contributed by atoms with Crippen LogP contribution in [0.2, 0.25) is 0 Å². The summed E-state index contributed by atoms with van der Waals surface area (Å²) < 4.78 is 2.42. The second-order valence-electron chi connectivity index (χ2n) is 1.81. The highest BCUT2D eigenvalue weighted by Gasteiger charge is 2.15. The highest BCUT2D eigenvalue weighted by molar-refractivity contribution is 7.98. The standard InChI is InChI=1S/C5H7NO2S/c7-4-2-1-3-9-6-5(4)8/h1-3H2,(H,6,8).